The molecule has 0 saturated carbocycles. The largest absolute Gasteiger partial charge is 0.497 e. The van der Waals surface area contributed by atoms with Gasteiger partial charge in [0.25, 0.3) is 17.7 Å². The van der Waals surface area contributed by atoms with Crippen molar-refractivity contribution in [3.63, 3.8) is 0 Å². The number of carbonyl (C=O) groups is 3. The molecule has 3 aromatic rings. The lowest BCUT2D eigenvalue weighted by molar-refractivity contribution is 0.0924. The van der Waals surface area contributed by atoms with E-state index in [9.17, 15) is 14.4 Å². The van der Waals surface area contributed by atoms with E-state index in [0.717, 1.165) is 4.90 Å². The van der Waals surface area contributed by atoms with Gasteiger partial charge in [0.2, 0.25) is 0 Å². The van der Waals surface area contributed by atoms with E-state index in [0.29, 0.717) is 17.2 Å². The van der Waals surface area contributed by atoms with Gasteiger partial charge in [0.1, 0.15) is 11.5 Å². The first-order chi connectivity index (χ1) is 15.3. The fraction of sp³-hybridized carbons (Fsp3) is 0.0870. The Hall–Kier alpha value is -3.55. The highest BCUT2D eigenvalue weighted by atomic mass is 35.5. The highest BCUT2D eigenvalue weighted by molar-refractivity contribution is 6.44. The van der Waals surface area contributed by atoms with Crippen LogP contribution in [0.4, 0.5) is 11.4 Å². The number of anilines is 2. The highest BCUT2D eigenvalue weighted by Crippen LogP contribution is 2.34. The van der Waals surface area contributed by atoms with E-state index in [1.165, 1.54) is 32.4 Å². The average molecular weight is 471 g/mol. The molecular formula is C23H16Cl2N2O5. The molecule has 0 bridgehead atoms. The number of benzene rings is 3. The van der Waals surface area contributed by atoms with E-state index in [-0.39, 0.29) is 32.4 Å². The third kappa shape index (κ3) is 3.77. The quantitative estimate of drug-likeness (QED) is 0.526. The fourth-order valence-electron chi connectivity index (χ4n) is 3.35. The van der Waals surface area contributed by atoms with E-state index >= 15 is 0 Å². The van der Waals surface area contributed by atoms with Gasteiger partial charge in [-0.25, -0.2) is 4.90 Å². The molecule has 0 spiro atoms. The summed E-state index contributed by atoms with van der Waals surface area (Å²) >= 11 is 12.0. The smallest absolute Gasteiger partial charge is 0.266 e. The van der Waals surface area contributed by atoms with Crippen molar-refractivity contribution in [2.45, 2.75) is 0 Å². The molecular weight excluding hydrogens is 455 g/mol. The SMILES string of the molecule is COc1ccc(NC(=O)c2cccc(N3C(=O)c4cc(Cl)c(Cl)cc4C3=O)c2)c(OC)c1. The molecule has 3 aromatic carbocycles. The van der Waals surface area contributed by atoms with Crippen LogP contribution in [-0.4, -0.2) is 31.9 Å². The summed E-state index contributed by atoms with van der Waals surface area (Å²) in [5, 5.41) is 3.11. The first-order valence-corrected chi connectivity index (χ1v) is 10.1. The van der Waals surface area contributed by atoms with Crippen molar-refractivity contribution >= 4 is 52.3 Å². The minimum atomic E-state index is -0.544. The predicted molar refractivity (Wildman–Crippen MR) is 122 cm³/mol. The van der Waals surface area contributed by atoms with Crippen molar-refractivity contribution in [2.75, 3.05) is 24.4 Å². The zero-order valence-corrected chi connectivity index (χ0v) is 18.5. The number of imide groups is 1. The summed E-state index contributed by atoms with van der Waals surface area (Å²) in [4.78, 5) is 39.6. The number of methoxy groups -OCH3 is 2. The lowest BCUT2D eigenvalue weighted by Gasteiger charge is -2.15. The summed E-state index contributed by atoms with van der Waals surface area (Å²) in [6.45, 7) is 0. The van der Waals surface area contributed by atoms with E-state index in [4.69, 9.17) is 32.7 Å². The molecule has 1 aliphatic heterocycles. The Morgan fingerprint density at radius 1 is 0.875 bits per heavy atom. The lowest BCUT2D eigenvalue weighted by atomic mass is 10.1. The molecule has 1 N–H and O–H groups in total. The van der Waals surface area contributed by atoms with Gasteiger partial charge in [0, 0.05) is 11.6 Å². The zero-order valence-electron chi connectivity index (χ0n) is 16.9. The second-order valence-electron chi connectivity index (χ2n) is 6.83. The molecule has 0 fully saturated rings. The van der Waals surface area contributed by atoms with Gasteiger partial charge in [-0.15, -0.1) is 0 Å². The molecule has 1 heterocycles. The van der Waals surface area contributed by atoms with E-state index < -0.39 is 17.7 Å². The summed E-state index contributed by atoms with van der Waals surface area (Å²) in [6, 6.07) is 13.9. The lowest BCUT2D eigenvalue weighted by Crippen LogP contribution is -2.29. The molecule has 9 heteroatoms. The molecule has 4 rings (SSSR count). The van der Waals surface area contributed by atoms with Crippen molar-refractivity contribution in [2.24, 2.45) is 0 Å². The van der Waals surface area contributed by atoms with Crippen LogP contribution in [0.3, 0.4) is 0 Å². The van der Waals surface area contributed by atoms with Crippen LogP contribution in [0.5, 0.6) is 11.5 Å². The van der Waals surface area contributed by atoms with Crippen molar-refractivity contribution in [1.82, 2.24) is 0 Å². The Kier molecular flexibility index (Phi) is 5.78. The molecule has 0 unspecified atom stereocenters. The van der Waals surface area contributed by atoms with Crippen LogP contribution >= 0.6 is 23.2 Å². The Morgan fingerprint density at radius 2 is 1.53 bits per heavy atom. The van der Waals surface area contributed by atoms with Gasteiger partial charge in [-0.2, -0.15) is 0 Å². The number of hydrogen-bond acceptors (Lipinski definition) is 5. The number of amides is 3. The van der Waals surface area contributed by atoms with Gasteiger partial charge in [-0.05, 0) is 42.5 Å². The Labute approximate surface area is 193 Å². The van der Waals surface area contributed by atoms with E-state index in [1.807, 2.05) is 0 Å². The van der Waals surface area contributed by atoms with Gasteiger partial charge in [0.15, 0.2) is 0 Å². The van der Waals surface area contributed by atoms with Gasteiger partial charge < -0.3 is 14.8 Å². The van der Waals surface area contributed by atoms with Crippen LogP contribution in [0.25, 0.3) is 0 Å². The standard InChI is InChI=1S/C23H16Cl2N2O5/c1-31-14-6-7-19(20(9-14)32-2)26-21(28)12-4-3-5-13(8-12)27-22(29)15-10-17(24)18(25)11-16(15)23(27)30/h3-11H,1-2H3,(H,26,28). The van der Waals surface area contributed by atoms with Crippen molar-refractivity contribution in [3.8, 4) is 11.5 Å². The number of fused-ring (bicyclic) bond motifs is 1. The molecule has 7 nitrogen and oxygen atoms in total. The summed E-state index contributed by atoms with van der Waals surface area (Å²) in [6.07, 6.45) is 0. The van der Waals surface area contributed by atoms with Crippen molar-refractivity contribution in [3.05, 3.63) is 81.3 Å². The first kappa shape index (κ1) is 21.7. The average Bonchev–Trinajstić information content (AvgIpc) is 3.03. The van der Waals surface area contributed by atoms with Crippen LogP contribution in [-0.2, 0) is 0 Å². The molecule has 0 atom stereocenters. The number of carbonyl (C=O) groups excluding carboxylic acids is 3. The third-order valence-corrected chi connectivity index (χ3v) is 5.67. The van der Waals surface area contributed by atoms with Gasteiger partial charge in [-0.3, -0.25) is 14.4 Å². The van der Waals surface area contributed by atoms with Crippen LogP contribution in [0.15, 0.2) is 54.6 Å². The summed E-state index contributed by atoms with van der Waals surface area (Å²) in [5.41, 5.74) is 1.24. The van der Waals surface area contributed by atoms with Crippen molar-refractivity contribution < 1.29 is 23.9 Å². The number of hydrogen-bond donors (Lipinski definition) is 1. The maximum absolute atomic E-state index is 12.9. The number of nitrogens with one attached hydrogen (secondary N) is 1. The summed E-state index contributed by atoms with van der Waals surface area (Å²) in [5.74, 6) is -0.537. The zero-order chi connectivity index (χ0) is 23.0. The Bertz CT molecular complexity index is 1230. The molecule has 3 amide bonds. The summed E-state index contributed by atoms with van der Waals surface area (Å²) in [7, 11) is 3.01. The molecule has 0 radical (unpaired) electrons. The number of halogens is 2. The van der Waals surface area contributed by atoms with E-state index in [1.54, 1.807) is 36.4 Å². The van der Waals surface area contributed by atoms with Crippen LogP contribution in [0, 0.1) is 0 Å². The molecule has 0 saturated heterocycles. The molecule has 0 aliphatic carbocycles. The Balaban J connectivity index is 1.63. The number of nitrogens with zero attached hydrogens (tertiary/aromatic N) is 1. The normalized spacial score (nSPS) is 12.6. The number of rotatable bonds is 5. The van der Waals surface area contributed by atoms with Gasteiger partial charge in [-0.1, -0.05) is 29.3 Å². The minimum absolute atomic E-state index is 0.155. The molecule has 162 valence electrons. The fourth-order valence-corrected chi connectivity index (χ4v) is 3.68. The van der Waals surface area contributed by atoms with Crippen LogP contribution in [0.1, 0.15) is 31.1 Å². The second kappa shape index (κ2) is 8.53. The van der Waals surface area contributed by atoms with Crippen LogP contribution in [0.2, 0.25) is 10.0 Å². The number of ether oxygens (including phenoxy) is 2. The molecule has 0 aromatic heterocycles. The highest BCUT2D eigenvalue weighted by Gasteiger charge is 2.37. The van der Waals surface area contributed by atoms with Gasteiger partial charge >= 0.3 is 0 Å². The minimum Gasteiger partial charge on any atom is -0.497 e. The molecule has 1 aliphatic rings. The van der Waals surface area contributed by atoms with Crippen LogP contribution < -0.4 is 19.7 Å². The third-order valence-electron chi connectivity index (χ3n) is 4.95. The van der Waals surface area contributed by atoms with E-state index in [2.05, 4.69) is 5.32 Å². The topological polar surface area (TPSA) is 84.9 Å². The molecule has 32 heavy (non-hydrogen) atoms. The van der Waals surface area contributed by atoms with Crippen molar-refractivity contribution in [1.29, 1.82) is 0 Å². The Morgan fingerprint density at radius 3 is 2.12 bits per heavy atom. The monoisotopic (exact) mass is 470 g/mol. The summed E-state index contributed by atoms with van der Waals surface area (Å²) < 4.78 is 10.5. The predicted octanol–water partition coefficient (Wildman–Crippen LogP) is 5.06. The van der Waals surface area contributed by atoms with Gasteiger partial charge in [0.05, 0.1) is 46.8 Å². The maximum Gasteiger partial charge on any atom is 0.266 e. The first-order valence-electron chi connectivity index (χ1n) is 9.35. The maximum atomic E-state index is 12.9. The second-order valence-corrected chi connectivity index (χ2v) is 7.64.